The number of hydrogen-bond donors (Lipinski definition) is 3. The first-order valence-electron chi connectivity index (χ1n) is 5.29. The molecule has 106 valence electrons. The van der Waals surface area contributed by atoms with E-state index in [9.17, 15) is 14.4 Å². The Morgan fingerprint density at radius 1 is 1.25 bits per heavy atom. The van der Waals surface area contributed by atoms with E-state index in [-0.39, 0.29) is 0 Å². The zero-order valence-electron chi connectivity index (χ0n) is 10.3. The average Bonchev–Trinajstić information content (AvgIpc) is 2.42. The summed E-state index contributed by atoms with van der Waals surface area (Å²) in [4.78, 5) is 33.1. The second-order valence-corrected chi connectivity index (χ2v) is 4.63. The fourth-order valence-electron chi connectivity index (χ4n) is 1.19. The summed E-state index contributed by atoms with van der Waals surface area (Å²) in [6.45, 7) is 0. The molecule has 0 fully saturated rings. The second-order valence-electron chi connectivity index (χ2n) is 3.46. The van der Waals surface area contributed by atoms with Crippen molar-refractivity contribution in [3.8, 4) is 5.75 Å². The number of hydrogen-bond acceptors (Lipinski definition) is 4. The summed E-state index contributed by atoms with van der Waals surface area (Å²) in [7, 11) is 1.52. The Hall–Kier alpha value is -2.10. The van der Waals surface area contributed by atoms with Crippen LogP contribution in [0.4, 0.5) is 0 Å². The third-order valence-corrected chi connectivity index (χ3v) is 2.93. The fraction of sp³-hybridized carbons (Fsp3) is 0.0833. The second kappa shape index (κ2) is 7.48. The quantitative estimate of drug-likeness (QED) is 0.399. The van der Waals surface area contributed by atoms with Gasteiger partial charge in [0.15, 0.2) is 0 Å². The minimum atomic E-state index is -1.25. The summed E-state index contributed by atoms with van der Waals surface area (Å²) in [6.07, 6.45) is 1.46. The van der Waals surface area contributed by atoms with Crippen LogP contribution >= 0.6 is 22.6 Å². The largest absolute Gasteiger partial charge is 0.496 e. The molecule has 0 radical (unpaired) electrons. The van der Waals surface area contributed by atoms with Gasteiger partial charge >= 0.3 is 5.97 Å². The van der Waals surface area contributed by atoms with Gasteiger partial charge in [0.2, 0.25) is 0 Å². The maximum atomic E-state index is 11.7. The molecule has 0 heterocycles. The molecule has 0 aromatic heterocycles. The number of amides is 2. The van der Waals surface area contributed by atoms with Crippen LogP contribution in [0.25, 0.3) is 0 Å². The summed E-state index contributed by atoms with van der Waals surface area (Å²) in [6, 6.07) is 4.76. The molecular formula is C12H11IN2O5. The standard InChI is InChI=1S/C12H11IN2O5/c1-20-9-3-2-7(6-8(9)13)12(19)15-14-10(16)4-5-11(17)18/h2-6H,1H3,(H,14,16)(H,15,19)(H,17,18). The number of halogens is 1. The average molecular weight is 390 g/mol. The molecule has 1 rings (SSSR count). The van der Waals surface area contributed by atoms with Gasteiger partial charge in [0.05, 0.1) is 10.7 Å². The maximum absolute atomic E-state index is 11.7. The Balaban J connectivity index is 2.61. The van der Waals surface area contributed by atoms with Gasteiger partial charge in [-0.05, 0) is 40.8 Å². The number of nitrogens with one attached hydrogen (secondary N) is 2. The Morgan fingerprint density at radius 2 is 1.95 bits per heavy atom. The predicted octanol–water partition coefficient (Wildman–Crippen LogP) is 0.702. The van der Waals surface area contributed by atoms with Gasteiger partial charge < -0.3 is 9.84 Å². The van der Waals surface area contributed by atoms with Crippen molar-refractivity contribution in [1.29, 1.82) is 0 Å². The Bertz CT molecular complexity index is 571. The molecule has 1 aromatic carbocycles. The molecule has 8 heteroatoms. The van der Waals surface area contributed by atoms with E-state index in [1.54, 1.807) is 12.1 Å². The molecule has 0 aliphatic heterocycles. The summed E-state index contributed by atoms with van der Waals surface area (Å²) in [5.74, 6) is -1.89. The van der Waals surface area contributed by atoms with Gasteiger partial charge in [-0.2, -0.15) is 0 Å². The highest BCUT2D eigenvalue weighted by Gasteiger charge is 2.09. The van der Waals surface area contributed by atoms with Crippen molar-refractivity contribution in [2.24, 2.45) is 0 Å². The van der Waals surface area contributed by atoms with Crippen molar-refractivity contribution in [3.63, 3.8) is 0 Å². The van der Waals surface area contributed by atoms with Crippen molar-refractivity contribution in [2.45, 2.75) is 0 Å². The third kappa shape index (κ3) is 4.88. The van der Waals surface area contributed by atoms with E-state index < -0.39 is 17.8 Å². The molecule has 0 saturated heterocycles. The molecule has 0 atom stereocenters. The molecule has 0 bridgehead atoms. The Morgan fingerprint density at radius 3 is 2.50 bits per heavy atom. The number of carbonyl (C=O) groups excluding carboxylic acids is 2. The van der Waals surface area contributed by atoms with E-state index >= 15 is 0 Å². The van der Waals surface area contributed by atoms with E-state index in [1.807, 2.05) is 22.6 Å². The lowest BCUT2D eigenvalue weighted by molar-refractivity contribution is -0.131. The summed E-state index contributed by atoms with van der Waals surface area (Å²) < 4.78 is 5.80. The summed E-state index contributed by atoms with van der Waals surface area (Å²) in [5, 5.41) is 8.33. The molecular weight excluding hydrogens is 379 g/mol. The van der Waals surface area contributed by atoms with Crippen LogP contribution < -0.4 is 15.6 Å². The van der Waals surface area contributed by atoms with Crippen LogP contribution in [0.3, 0.4) is 0 Å². The molecule has 2 amide bonds. The smallest absolute Gasteiger partial charge is 0.328 e. The number of hydrazine groups is 1. The highest BCUT2D eigenvalue weighted by atomic mass is 127. The van der Waals surface area contributed by atoms with Crippen LogP contribution in [0.2, 0.25) is 0 Å². The number of carboxylic acid groups (broad SMARTS) is 1. The van der Waals surface area contributed by atoms with E-state index in [2.05, 4.69) is 10.9 Å². The number of carboxylic acids is 1. The van der Waals surface area contributed by atoms with E-state index in [0.717, 1.165) is 9.65 Å². The molecule has 3 N–H and O–H groups in total. The number of methoxy groups -OCH3 is 1. The molecule has 20 heavy (non-hydrogen) atoms. The van der Waals surface area contributed by atoms with Gasteiger partial charge in [0, 0.05) is 17.7 Å². The van der Waals surface area contributed by atoms with Crippen molar-refractivity contribution >= 4 is 40.4 Å². The van der Waals surface area contributed by atoms with E-state index in [4.69, 9.17) is 9.84 Å². The molecule has 0 aliphatic rings. The van der Waals surface area contributed by atoms with Gasteiger partial charge in [0.1, 0.15) is 5.75 Å². The van der Waals surface area contributed by atoms with Crippen LogP contribution in [0.1, 0.15) is 10.4 Å². The predicted molar refractivity (Wildman–Crippen MR) is 78.1 cm³/mol. The molecule has 0 aliphatic carbocycles. The first-order chi connectivity index (χ1) is 9.43. The number of ether oxygens (including phenoxy) is 1. The van der Waals surface area contributed by atoms with Crippen molar-refractivity contribution in [3.05, 3.63) is 39.5 Å². The van der Waals surface area contributed by atoms with Gasteiger partial charge in [-0.3, -0.25) is 20.4 Å². The summed E-state index contributed by atoms with van der Waals surface area (Å²) in [5.41, 5.74) is 4.55. The highest BCUT2D eigenvalue weighted by Crippen LogP contribution is 2.21. The first-order valence-corrected chi connectivity index (χ1v) is 6.36. The normalized spacial score (nSPS) is 10.1. The first kappa shape index (κ1) is 16.0. The minimum absolute atomic E-state index is 0.331. The number of benzene rings is 1. The van der Waals surface area contributed by atoms with Crippen LogP contribution in [-0.4, -0.2) is 30.0 Å². The monoisotopic (exact) mass is 390 g/mol. The SMILES string of the molecule is COc1ccc(C(=O)NNC(=O)C=CC(=O)O)cc1I. The van der Waals surface area contributed by atoms with E-state index in [1.165, 1.54) is 13.2 Å². The number of carbonyl (C=O) groups is 3. The zero-order chi connectivity index (χ0) is 15.1. The van der Waals surface area contributed by atoms with Crippen molar-refractivity contribution in [1.82, 2.24) is 10.9 Å². The van der Waals surface area contributed by atoms with Gasteiger partial charge in [0.25, 0.3) is 11.8 Å². The minimum Gasteiger partial charge on any atom is -0.496 e. The lowest BCUT2D eigenvalue weighted by Gasteiger charge is -2.07. The Labute approximate surface area is 128 Å². The Kier molecular flexibility index (Phi) is 5.97. The lowest BCUT2D eigenvalue weighted by atomic mass is 10.2. The molecule has 7 nitrogen and oxygen atoms in total. The highest BCUT2D eigenvalue weighted by molar-refractivity contribution is 14.1. The van der Waals surface area contributed by atoms with Crippen LogP contribution in [0, 0.1) is 3.57 Å². The van der Waals surface area contributed by atoms with Gasteiger partial charge in [-0.15, -0.1) is 0 Å². The fourth-order valence-corrected chi connectivity index (χ4v) is 1.92. The summed E-state index contributed by atoms with van der Waals surface area (Å²) >= 11 is 2.01. The van der Waals surface area contributed by atoms with Crippen LogP contribution in [-0.2, 0) is 9.59 Å². The van der Waals surface area contributed by atoms with Crippen molar-refractivity contribution < 1.29 is 24.2 Å². The molecule has 0 saturated carbocycles. The van der Waals surface area contributed by atoms with Crippen LogP contribution in [0.5, 0.6) is 5.75 Å². The van der Waals surface area contributed by atoms with E-state index in [0.29, 0.717) is 17.4 Å². The number of rotatable bonds is 4. The van der Waals surface area contributed by atoms with Gasteiger partial charge in [-0.25, -0.2) is 4.79 Å². The topological polar surface area (TPSA) is 105 Å². The van der Waals surface area contributed by atoms with Crippen LogP contribution in [0.15, 0.2) is 30.4 Å². The zero-order valence-corrected chi connectivity index (χ0v) is 12.5. The maximum Gasteiger partial charge on any atom is 0.328 e. The van der Waals surface area contributed by atoms with Gasteiger partial charge in [-0.1, -0.05) is 0 Å². The molecule has 0 unspecified atom stereocenters. The molecule has 1 aromatic rings. The number of aliphatic carboxylic acids is 1. The third-order valence-electron chi connectivity index (χ3n) is 2.09. The molecule has 0 spiro atoms. The van der Waals surface area contributed by atoms with Crippen molar-refractivity contribution in [2.75, 3.05) is 7.11 Å². The lowest BCUT2D eigenvalue weighted by Crippen LogP contribution is -2.40.